The molecule has 0 unspecified atom stereocenters. The molecule has 0 aromatic heterocycles. The number of carbonyl (C=O) groups excluding carboxylic acids is 2. The molecule has 1 N–H and O–H groups in total. The third kappa shape index (κ3) is 4.06. The number of likely N-dealkylation sites (tertiary alicyclic amines) is 1. The summed E-state index contributed by atoms with van der Waals surface area (Å²) in [6.45, 7) is 1.75. The number of carbonyl (C=O) groups is 2. The maximum atomic E-state index is 13.0. The molecule has 2 aliphatic rings. The summed E-state index contributed by atoms with van der Waals surface area (Å²) in [6.07, 6.45) is 3.40. The predicted octanol–water partition coefficient (Wildman–Crippen LogP) is 3.34. The van der Waals surface area contributed by atoms with Crippen LogP contribution in [0.1, 0.15) is 42.4 Å². The summed E-state index contributed by atoms with van der Waals surface area (Å²) in [5.41, 5.74) is 1.76. The second kappa shape index (κ2) is 8.16. The van der Waals surface area contributed by atoms with Crippen LogP contribution in [-0.2, 0) is 26.2 Å². The predicted molar refractivity (Wildman–Crippen MR) is 114 cm³/mol. The SMILES string of the molecule is Cc1ccc(CN2C(=O)[C@H]3CCCC[C@@H]3C2=O)cc1S(=O)(=O)Nc1cccc(C#N)c1. The van der Waals surface area contributed by atoms with E-state index < -0.39 is 10.0 Å². The van der Waals surface area contributed by atoms with Crippen LogP contribution in [0.3, 0.4) is 0 Å². The van der Waals surface area contributed by atoms with Gasteiger partial charge >= 0.3 is 0 Å². The van der Waals surface area contributed by atoms with Crippen molar-refractivity contribution in [2.75, 3.05) is 4.72 Å². The minimum Gasteiger partial charge on any atom is -0.280 e. The second-order valence-electron chi connectivity index (χ2n) is 8.16. The first kappa shape index (κ1) is 21.1. The van der Waals surface area contributed by atoms with Gasteiger partial charge in [-0.2, -0.15) is 5.26 Å². The van der Waals surface area contributed by atoms with Crippen molar-refractivity contribution in [2.45, 2.75) is 44.0 Å². The Bertz CT molecular complexity index is 1180. The molecule has 2 aromatic carbocycles. The lowest BCUT2D eigenvalue weighted by molar-refractivity contribution is -0.140. The number of sulfonamides is 1. The number of nitrogens with zero attached hydrogens (tertiary/aromatic N) is 2. The largest absolute Gasteiger partial charge is 0.280 e. The van der Waals surface area contributed by atoms with Gasteiger partial charge in [0, 0.05) is 0 Å². The van der Waals surface area contributed by atoms with E-state index in [1.54, 1.807) is 37.3 Å². The Kier molecular flexibility index (Phi) is 5.54. The topological polar surface area (TPSA) is 107 Å². The highest BCUT2D eigenvalue weighted by atomic mass is 32.2. The monoisotopic (exact) mass is 437 g/mol. The molecule has 2 aromatic rings. The van der Waals surface area contributed by atoms with E-state index in [-0.39, 0.29) is 40.8 Å². The van der Waals surface area contributed by atoms with Gasteiger partial charge in [0.05, 0.1) is 40.6 Å². The molecular formula is C23H23N3O4S. The van der Waals surface area contributed by atoms with E-state index in [0.29, 0.717) is 16.7 Å². The Morgan fingerprint density at radius 2 is 1.74 bits per heavy atom. The van der Waals surface area contributed by atoms with Crippen molar-refractivity contribution in [3.05, 3.63) is 59.2 Å². The van der Waals surface area contributed by atoms with Gasteiger partial charge in [-0.1, -0.05) is 31.0 Å². The Labute approximate surface area is 181 Å². The third-order valence-corrected chi connectivity index (χ3v) is 7.58. The normalized spacial score (nSPS) is 21.0. The van der Waals surface area contributed by atoms with E-state index in [1.165, 1.54) is 17.0 Å². The van der Waals surface area contributed by atoms with Crippen molar-refractivity contribution < 1.29 is 18.0 Å². The lowest BCUT2D eigenvalue weighted by Gasteiger charge is -2.19. The van der Waals surface area contributed by atoms with Crippen molar-refractivity contribution in [2.24, 2.45) is 11.8 Å². The molecule has 0 radical (unpaired) electrons. The third-order valence-electron chi connectivity index (χ3n) is 6.06. The molecule has 1 saturated heterocycles. The van der Waals surface area contributed by atoms with Crippen LogP contribution >= 0.6 is 0 Å². The van der Waals surface area contributed by atoms with Gasteiger partial charge in [-0.05, 0) is 55.2 Å². The van der Waals surface area contributed by atoms with Crippen molar-refractivity contribution >= 4 is 27.5 Å². The summed E-state index contributed by atoms with van der Waals surface area (Å²) in [7, 11) is -3.92. The minimum atomic E-state index is -3.92. The Morgan fingerprint density at radius 3 is 2.39 bits per heavy atom. The summed E-state index contributed by atoms with van der Waals surface area (Å²) in [4.78, 5) is 26.9. The number of benzene rings is 2. The Balaban J connectivity index is 1.59. The fourth-order valence-electron chi connectivity index (χ4n) is 4.46. The zero-order valence-electron chi connectivity index (χ0n) is 17.2. The molecular weight excluding hydrogens is 414 g/mol. The van der Waals surface area contributed by atoms with Crippen molar-refractivity contribution in [3.63, 3.8) is 0 Å². The van der Waals surface area contributed by atoms with Gasteiger partial charge in [-0.25, -0.2) is 8.42 Å². The van der Waals surface area contributed by atoms with Crippen LogP contribution in [-0.4, -0.2) is 25.1 Å². The minimum absolute atomic E-state index is 0.0668. The smallest absolute Gasteiger partial charge is 0.262 e. The van der Waals surface area contributed by atoms with Crippen LogP contribution in [0.4, 0.5) is 5.69 Å². The van der Waals surface area contributed by atoms with E-state index in [2.05, 4.69) is 4.72 Å². The average Bonchev–Trinajstić information content (AvgIpc) is 3.00. The first-order chi connectivity index (χ1) is 14.8. The standard InChI is InChI=1S/C23H23N3O4S/c1-15-9-10-17(14-26-22(27)19-7-2-3-8-20(19)23(26)28)12-21(15)31(29,30)25-18-6-4-5-16(11-18)13-24/h4-6,9-12,19-20,25H,2-3,7-8,14H2,1H3/t19-,20-/m0/s1. The highest BCUT2D eigenvalue weighted by Gasteiger charge is 2.47. The van der Waals surface area contributed by atoms with Crippen LogP contribution in [0.2, 0.25) is 0 Å². The van der Waals surface area contributed by atoms with Gasteiger partial charge in [0.1, 0.15) is 0 Å². The molecule has 4 rings (SSSR count). The molecule has 8 heteroatoms. The first-order valence-electron chi connectivity index (χ1n) is 10.3. The Hall–Kier alpha value is -3.18. The molecule has 2 fully saturated rings. The van der Waals surface area contributed by atoms with Crippen molar-refractivity contribution in [1.82, 2.24) is 4.90 Å². The zero-order valence-corrected chi connectivity index (χ0v) is 18.0. The molecule has 1 aliphatic heterocycles. The van der Waals surface area contributed by atoms with Gasteiger partial charge in [0.15, 0.2) is 0 Å². The number of imide groups is 1. The number of hydrogen-bond acceptors (Lipinski definition) is 5. The van der Waals surface area contributed by atoms with E-state index in [0.717, 1.165) is 25.7 Å². The number of fused-ring (bicyclic) bond motifs is 1. The molecule has 0 bridgehead atoms. The number of rotatable bonds is 5. The summed E-state index contributed by atoms with van der Waals surface area (Å²) < 4.78 is 28.5. The second-order valence-corrected chi connectivity index (χ2v) is 9.81. The number of anilines is 1. The summed E-state index contributed by atoms with van der Waals surface area (Å²) in [6, 6.07) is 13.1. The van der Waals surface area contributed by atoms with Crippen LogP contribution in [0.25, 0.3) is 0 Å². The number of nitrogens with one attached hydrogen (secondary N) is 1. The molecule has 1 heterocycles. The lowest BCUT2D eigenvalue weighted by atomic mass is 9.81. The first-order valence-corrected chi connectivity index (χ1v) is 11.8. The van der Waals surface area contributed by atoms with Gasteiger partial charge < -0.3 is 0 Å². The summed E-state index contributed by atoms with van der Waals surface area (Å²) >= 11 is 0. The van der Waals surface area contributed by atoms with Crippen molar-refractivity contribution in [3.8, 4) is 6.07 Å². The molecule has 1 aliphatic carbocycles. The number of aryl methyl sites for hydroxylation is 1. The molecule has 2 atom stereocenters. The number of amides is 2. The van der Waals surface area contributed by atoms with Crippen LogP contribution in [0.5, 0.6) is 0 Å². The molecule has 1 saturated carbocycles. The fourth-order valence-corrected chi connectivity index (χ4v) is 5.81. The van der Waals surface area contributed by atoms with Crippen LogP contribution in [0, 0.1) is 30.1 Å². The number of nitriles is 1. The van der Waals surface area contributed by atoms with Gasteiger partial charge in [0.2, 0.25) is 11.8 Å². The fraction of sp³-hybridized carbons (Fsp3) is 0.348. The van der Waals surface area contributed by atoms with Crippen molar-refractivity contribution in [1.29, 1.82) is 5.26 Å². The van der Waals surface area contributed by atoms with E-state index in [1.807, 2.05) is 6.07 Å². The molecule has 2 amide bonds. The average molecular weight is 438 g/mol. The quantitative estimate of drug-likeness (QED) is 0.722. The van der Waals surface area contributed by atoms with Crippen LogP contribution in [0.15, 0.2) is 47.4 Å². The maximum Gasteiger partial charge on any atom is 0.262 e. The highest BCUT2D eigenvalue weighted by molar-refractivity contribution is 7.92. The van der Waals surface area contributed by atoms with Gasteiger partial charge in [-0.15, -0.1) is 0 Å². The van der Waals surface area contributed by atoms with Gasteiger partial charge in [0.25, 0.3) is 10.0 Å². The molecule has 7 nitrogen and oxygen atoms in total. The van der Waals surface area contributed by atoms with Crippen LogP contribution < -0.4 is 4.72 Å². The molecule has 0 spiro atoms. The van der Waals surface area contributed by atoms with E-state index in [9.17, 15) is 18.0 Å². The Morgan fingerprint density at radius 1 is 1.06 bits per heavy atom. The zero-order chi connectivity index (χ0) is 22.2. The van der Waals surface area contributed by atoms with E-state index >= 15 is 0 Å². The lowest BCUT2D eigenvalue weighted by Crippen LogP contribution is -2.30. The van der Waals surface area contributed by atoms with E-state index in [4.69, 9.17) is 5.26 Å². The highest BCUT2D eigenvalue weighted by Crippen LogP contribution is 2.38. The molecule has 160 valence electrons. The summed E-state index contributed by atoms with van der Waals surface area (Å²) in [5.74, 6) is -0.759. The summed E-state index contributed by atoms with van der Waals surface area (Å²) in [5, 5.41) is 9.03. The maximum absolute atomic E-state index is 13.0. The molecule has 31 heavy (non-hydrogen) atoms. The number of hydrogen-bond donors (Lipinski definition) is 1. The van der Waals surface area contributed by atoms with Gasteiger partial charge in [-0.3, -0.25) is 19.2 Å².